The molecule has 0 aliphatic carbocycles. The van der Waals surface area contributed by atoms with Crippen LogP contribution >= 0.6 is 0 Å². The van der Waals surface area contributed by atoms with E-state index in [0.29, 0.717) is 12.5 Å². The lowest BCUT2D eigenvalue weighted by molar-refractivity contribution is 0.00578. The number of hydrogen-bond acceptors (Lipinski definition) is 5. The first-order valence-electron chi connectivity index (χ1n) is 10.7. The molecular formula is C22H34BNO4. The SMILES string of the molecule is C[C@H]1CN[C@H](c2cc(B3OC(C)(C)C(C)(C)O3)ccc2C2CCOCC2)CO1. The zero-order valence-corrected chi connectivity index (χ0v) is 17.9. The highest BCUT2D eigenvalue weighted by atomic mass is 16.7. The largest absolute Gasteiger partial charge is 0.494 e. The van der Waals surface area contributed by atoms with Crippen molar-refractivity contribution in [3.05, 3.63) is 29.3 Å². The molecular weight excluding hydrogens is 353 g/mol. The molecule has 3 aliphatic rings. The monoisotopic (exact) mass is 387 g/mol. The van der Waals surface area contributed by atoms with Gasteiger partial charge in [0.05, 0.1) is 30.0 Å². The van der Waals surface area contributed by atoms with Gasteiger partial charge in [-0.1, -0.05) is 18.2 Å². The Kier molecular flexibility index (Phi) is 5.62. The number of ether oxygens (including phenoxy) is 2. The summed E-state index contributed by atoms with van der Waals surface area (Å²) in [7, 11) is -0.337. The topological polar surface area (TPSA) is 49.0 Å². The molecule has 3 fully saturated rings. The van der Waals surface area contributed by atoms with Crippen molar-refractivity contribution in [2.45, 2.75) is 76.7 Å². The van der Waals surface area contributed by atoms with Crippen LogP contribution in [-0.2, 0) is 18.8 Å². The summed E-state index contributed by atoms with van der Waals surface area (Å²) in [5.41, 5.74) is 3.16. The maximum atomic E-state index is 6.30. The van der Waals surface area contributed by atoms with E-state index in [1.165, 1.54) is 11.1 Å². The number of morpholine rings is 1. The maximum Gasteiger partial charge on any atom is 0.494 e. The molecule has 0 saturated carbocycles. The summed E-state index contributed by atoms with van der Waals surface area (Å²) in [6, 6.07) is 6.95. The van der Waals surface area contributed by atoms with Crippen LogP contribution < -0.4 is 10.8 Å². The average Bonchev–Trinajstić information content (AvgIpc) is 2.90. The number of hydrogen-bond donors (Lipinski definition) is 1. The fourth-order valence-corrected chi connectivity index (χ4v) is 4.29. The minimum atomic E-state index is -0.337. The first-order chi connectivity index (χ1) is 13.3. The second-order valence-electron chi connectivity index (χ2n) is 9.47. The summed E-state index contributed by atoms with van der Waals surface area (Å²) in [5, 5.41) is 3.68. The number of rotatable bonds is 3. The van der Waals surface area contributed by atoms with Crippen LogP contribution in [0.4, 0.5) is 0 Å². The van der Waals surface area contributed by atoms with Gasteiger partial charge >= 0.3 is 7.12 Å². The van der Waals surface area contributed by atoms with Crippen LogP contribution in [0.25, 0.3) is 0 Å². The van der Waals surface area contributed by atoms with Crippen molar-refractivity contribution < 1.29 is 18.8 Å². The maximum absolute atomic E-state index is 6.30. The predicted octanol–water partition coefficient (Wildman–Crippen LogP) is 2.93. The predicted molar refractivity (Wildman–Crippen MR) is 111 cm³/mol. The van der Waals surface area contributed by atoms with Gasteiger partial charge in [0.25, 0.3) is 0 Å². The van der Waals surface area contributed by atoms with Gasteiger partial charge in [0.1, 0.15) is 0 Å². The van der Waals surface area contributed by atoms with Crippen LogP contribution in [-0.4, -0.2) is 50.8 Å². The van der Waals surface area contributed by atoms with Gasteiger partial charge in [-0.05, 0) is 70.0 Å². The molecule has 154 valence electrons. The van der Waals surface area contributed by atoms with E-state index >= 15 is 0 Å². The molecule has 1 N–H and O–H groups in total. The third kappa shape index (κ3) is 3.90. The molecule has 1 aromatic carbocycles. The Balaban J connectivity index is 1.65. The van der Waals surface area contributed by atoms with Crippen molar-refractivity contribution in [1.82, 2.24) is 5.32 Å². The van der Waals surface area contributed by atoms with E-state index in [0.717, 1.165) is 38.1 Å². The van der Waals surface area contributed by atoms with E-state index < -0.39 is 0 Å². The van der Waals surface area contributed by atoms with E-state index in [1.54, 1.807) is 0 Å². The zero-order chi connectivity index (χ0) is 19.9. The van der Waals surface area contributed by atoms with E-state index in [-0.39, 0.29) is 30.5 Å². The molecule has 6 heteroatoms. The van der Waals surface area contributed by atoms with Gasteiger partial charge < -0.3 is 24.1 Å². The van der Waals surface area contributed by atoms with E-state index in [2.05, 4.69) is 58.1 Å². The summed E-state index contributed by atoms with van der Waals surface area (Å²) in [6.45, 7) is 13.8. The van der Waals surface area contributed by atoms with Crippen molar-refractivity contribution >= 4 is 12.6 Å². The number of nitrogens with one attached hydrogen (secondary N) is 1. The highest BCUT2D eigenvalue weighted by molar-refractivity contribution is 6.62. The molecule has 0 radical (unpaired) electrons. The minimum Gasteiger partial charge on any atom is -0.399 e. The van der Waals surface area contributed by atoms with Crippen molar-refractivity contribution in [1.29, 1.82) is 0 Å². The Morgan fingerprint density at radius 2 is 1.68 bits per heavy atom. The molecule has 0 bridgehead atoms. The molecule has 0 spiro atoms. The average molecular weight is 387 g/mol. The number of benzene rings is 1. The normalized spacial score (nSPS) is 30.5. The van der Waals surface area contributed by atoms with Crippen LogP contribution in [0.5, 0.6) is 0 Å². The van der Waals surface area contributed by atoms with Gasteiger partial charge in [0, 0.05) is 19.8 Å². The second kappa shape index (κ2) is 7.73. The summed E-state index contributed by atoms with van der Waals surface area (Å²) in [4.78, 5) is 0. The Hall–Kier alpha value is -0.915. The molecule has 28 heavy (non-hydrogen) atoms. The van der Waals surface area contributed by atoms with Crippen LogP contribution in [0.1, 0.15) is 70.5 Å². The van der Waals surface area contributed by atoms with Gasteiger partial charge in [-0.25, -0.2) is 0 Å². The summed E-state index contributed by atoms with van der Waals surface area (Å²) >= 11 is 0. The Morgan fingerprint density at radius 3 is 2.29 bits per heavy atom. The third-order valence-electron chi connectivity index (χ3n) is 6.87. The summed E-state index contributed by atoms with van der Waals surface area (Å²) < 4.78 is 24.2. The van der Waals surface area contributed by atoms with Crippen molar-refractivity contribution in [2.24, 2.45) is 0 Å². The lowest BCUT2D eigenvalue weighted by atomic mass is 9.75. The molecule has 0 aromatic heterocycles. The fourth-order valence-electron chi connectivity index (χ4n) is 4.29. The van der Waals surface area contributed by atoms with Crippen LogP contribution in [0, 0.1) is 0 Å². The zero-order valence-electron chi connectivity index (χ0n) is 17.9. The van der Waals surface area contributed by atoms with Gasteiger partial charge in [-0.15, -0.1) is 0 Å². The molecule has 0 amide bonds. The summed E-state index contributed by atoms with van der Waals surface area (Å²) in [5.74, 6) is 0.539. The molecule has 3 saturated heterocycles. The highest BCUT2D eigenvalue weighted by Crippen LogP contribution is 2.38. The van der Waals surface area contributed by atoms with E-state index in [1.807, 2.05) is 0 Å². The van der Waals surface area contributed by atoms with E-state index in [4.69, 9.17) is 18.8 Å². The molecule has 3 aliphatic heterocycles. The van der Waals surface area contributed by atoms with E-state index in [9.17, 15) is 0 Å². The third-order valence-corrected chi connectivity index (χ3v) is 6.87. The van der Waals surface area contributed by atoms with Crippen LogP contribution in [0.15, 0.2) is 18.2 Å². The van der Waals surface area contributed by atoms with Crippen molar-refractivity contribution in [2.75, 3.05) is 26.4 Å². The molecule has 2 atom stereocenters. The Morgan fingerprint density at radius 1 is 1.00 bits per heavy atom. The summed E-state index contributed by atoms with van der Waals surface area (Å²) in [6.07, 6.45) is 2.41. The second-order valence-corrected chi connectivity index (χ2v) is 9.47. The standard InChI is InChI=1S/C22H34BNO4/c1-15-13-24-20(14-26-15)19-12-17(23-27-21(2,3)22(4,5)28-23)6-7-18(19)16-8-10-25-11-9-16/h6-7,12,15-16,20,24H,8-11,13-14H2,1-5H3/t15-,20-/m0/s1. The van der Waals surface area contributed by atoms with Gasteiger partial charge in [-0.2, -0.15) is 0 Å². The van der Waals surface area contributed by atoms with Gasteiger partial charge in [0.2, 0.25) is 0 Å². The molecule has 0 unspecified atom stereocenters. The van der Waals surface area contributed by atoms with Crippen LogP contribution in [0.3, 0.4) is 0 Å². The Bertz CT molecular complexity index is 678. The smallest absolute Gasteiger partial charge is 0.399 e. The van der Waals surface area contributed by atoms with Crippen LogP contribution in [0.2, 0.25) is 0 Å². The quantitative estimate of drug-likeness (QED) is 0.809. The Labute approximate surface area is 169 Å². The lowest BCUT2D eigenvalue weighted by Gasteiger charge is -2.33. The first kappa shape index (κ1) is 20.4. The lowest BCUT2D eigenvalue weighted by Crippen LogP contribution is -2.41. The fraction of sp³-hybridized carbons (Fsp3) is 0.727. The highest BCUT2D eigenvalue weighted by Gasteiger charge is 2.51. The molecule has 1 aromatic rings. The minimum absolute atomic E-state index is 0.205. The molecule has 3 heterocycles. The molecule has 5 nitrogen and oxygen atoms in total. The van der Waals surface area contributed by atoms with Crippen molar-refractivity contribution in [3.8, 4) is 0 Å². The first-order valence-corrected chi connectivity index (χ1v) is 10.7. The van der Waals surface area contributed by atoms with Gasteiger partial charge in [0.15, 0.2) is 0 Å². The van der Waals surface area contributed by atoms with Gasteiger partial charge in [-0.3, -0.25) is 0 Å². The molecule has 4 rings (SSSR count). The van der Waals surface area contributed by atoms with Crippen molar-refractivity contribution in [3.63, 3.8) is 0 Å².